The van der Waals surface area contributed by atoms with Gasteiger partial charge in [-0.05, 0) is 41.8 Å². The van der Waals surface area contributed by atoms with Gasteiger partial charge < -0.3 is 20.0 Å². The average molecular weight is 325 g/mol. The summed E-state index contributed by atoms with van der Waals surface area (Å²) in [4.78, 5) is 28.6. The quantitative estimate of drug-likeness (QED) is 0.649. The topological polar surface area (TPSA) is 87.0 Å². The molecule has 0 saturated heterocycles. The number of imidazole rings is 1. The van der Waals surface area contributed by atoms with Crippen LogP contribution in [0.25, 0.3) is 11.0 Å². The van der Waals surface area contributed by atoms with Crippen LogP contribution < -0.4 is 15.7 Å². The number of ether oxygens (including phenoxy) is 1. The van der Waals surface area contributed by atoms with E-state index >= 15 is 0 Å². The Morgan fingerprint density at radius 3 is 2.50 bits per heavy atom. The number of methoxy groups -OCH3 is 1. The van der Waals surface area contributed by atoms with Gasteiger partial charge >= 0.3 is 5.69 Å². The highest BCUT2D eigenvalue weighted by molar-refractivity contribution is 5.77. The Labute approximate surface area is 138 Å². The molecule has 3 N–H and O–H groups in total. The van der Waals surface area contributed by atoms with Crippen molar-refractivity contribution in [1.82, 2.24) is 15.3 Å². The molecule has 0 radical (unpaired) electrons. The summed E-state index contributed by atoms with van der Waals surface area (Å²) in [6.45, 7) is 0.435. The molecule has 0 unspecified atom stereocenters. The molecule has 1 aromatic heterocycles. The number of fused-ring (bicyclic) bond motifs is 1. The number of hydrogen-bond acceptors (Lipinski definition) is 3. The van der Waals surface area contributed by atoms with Crippen LogP contribution in [0.5, 0.6) is 5.75 Å². The van der Waals surface area contributed by atoms with Gasteiger partial charge in [0.25, 0.3) is 0 Å². The van der Waals surface area contributed by atoms with Crippen molar-refractivity contribution in [3.63, 3.8) is 0 Å². The van der Waals surface area contributed by atoms with Crippen LogP contribution in [0.1, 0.15) is 17.5 Å². The van der Waals surface area contributed by atoms with Crippen LogP contribution in [-0.4, -0.2) is 23.0 Å². The maximum absolute atomic E-state index is 12.0. The van der Waals surface area contributed by atoms with Gasteiger partial charge in [-0.15, -0.1) is 0 Å². The van der Waals surface area contributed by atoms with E-state index in [4.69, 9.17) is 4.74 Å². The van der Waals surface area contributed by atoms with E-state index in [1.807, 2.05) is 42.5 Å². The van der Waals surface area contributed by atoms with Crippen LogP contribution in [0.3, 0.4) is 0 Å². The molecule has 1 amide bonds. The van der Waals surface area contributed by atoms with E-state index in [1.165, 1.54) is 0 Å². The van der Waals surface area contributed by atoms with Gasteiger partial charge in [-0.25, -0.2) is 4.79 Å². The summed E-state index contributed by atoms with van der Waals surface area (Å²) >= 11 is 0. The molecule has 0 aliphatic heterocycles. The van der Waals surface area contributed by atoms with Gasteiger partial charge in [0.1, 0.15) is 5.75 Å². The molecule has 1 heterocycles. The third kappa shape index (κ3) is 3.84. The lowest BCUT2D eigenvalue weighted by Crippen LogP contribution is -2.22. The fourth-order valence-corrected chi connectivity index (χ4v) is 2.53. The molecular formula is C18H19N3O3. The van der Waals surface area contributed by atoms with Crippen molar-refractivity contribution in [3.8, 4) is 5.75 Å². The molecule has 0 aliphatic rings. The molecule has 6 heteroatoms. The van der Waals surface area contributed by atoms with E-state index in [2.05, 4.69) is 15.3 Å². The minimum absolute atomic E-state index is 0.00604. The summed E-state index contributed by atoms with van der Waals surface area (Å²) in [6, 6.07) is 13.3. The van der Waals surface area contributed by atoms with Crippen LogP contribution >= 0.6 is 0 Å². The first-order valence-electron chi connectivity index (χ1n) is 7.74. The zero-order chi connectivity index (χ0) is 16.9. The first-order chi connectivity index (χ1) is 11.6. The Kier molecular flexibility index (Phi) is 4.65. The van der Waals surface area contributed by atoms with E-state index in [-0.39, 0.29) is 11.6 Å². The molecule has 24 heavy (non-hydrogen) atoms. The Morgan fingerprint density at radius 1 is 1.04 bits per heavy atom. The van der Waals surface area contributed by atoms with E-state index in [9.17, 15) is 9.59 Å². The van der Waals surface area contributed by atoms with Crippen molar-refractivity contribution in [1.29, 1.82) is 0 Å². The first kappa shape index (κ1) is 15.9. The summed E-state index contributed by atoms with van der Waals surface area (Å²) in [6.07, 6.45) is 1.11. The number of amides is 1. The summed E-state index contributed by atoms with van der Waals surface area (Å²) < 4.78 is 5.11. The first-order valence-corrected chi connectivity index (χ1v) is 7.74. The summed E-state index contributed by atoms with van der Waals surface area (Å²) in [7, 11) is 1.63. The Balaban J connectivity index is 1.51. The SMILES string of the molecule is COc1ccc(CCC(=O)NCc2ccc3[nH]c(=O)[nH]c3c2)cc1. The highest BCUT2D eigenvalue weighted by Gasteiger charge is 2.04. The smallest absolute Gasteiger partial charge is 0.323 e. The number of rotatable bonds is 6. The normalized spacial score (nSPS) is 10.7. The highest BCUT2D eigenvalue weighted by atomic mass is 16.5. The molecule has 2 aromatic carbocycles. The molecule has 3 rings (SSSR count). The van der Waals surface area contributed by atoms with Gasteiger partial charge in [0, 0.05) is 13.0 Å². The molecule has 0 atom stereocenters. The summed E-state index contributed by atoms with van der Waals surface area (Å²) in [5.74, 6) is 0.801. The zero-order valence-corrected chi connectivity index (χ0v) is 13.4. The minimum Gasteiger partial charge on any atom is -0.497 e. The molecule has 0 fully saturated rings. The van der Waals surface area contributed by atoms with Crippen molar-refractivity contribution in [2.24, 2.45) is 0 Å². The van der Waals surface area contributed by atoms with Crippen molar-refractivity contribution in [2.45, 2.75) is 19.4 Å². The van der Waals surface area contributed by atoms with Gasteiger partial charge in [0.05, 0.1) is 18.1 Å². The number of H-pyrrole nitrogens is 2. The lowest BCUT2D eigenvalue weighted by Gasteiger charge is -2.06. The predicted octanol–water partition coefficient (Wildman–Crippen LogP) is 2.11. The van der Waals surface area contributed by atoms with Crippen LogP contribution in [0.4, 0.5) is 0 Å². The van der Waals surface area contributed by atoms with E-state index in [0.717, 1.165) is 27.9 Å². The largest absolute Gasteiger partial charge is 0.497 e. The van der Waals surface area contributed by atoms with Gasteiger partial charge in [0.15, 0.2) is 0 Å². The van der Waals surface area contributed by atoms with Gasteiger partial charge in [-0.1, -0.05) is 18.2 Å². The zero-order valence-electron chi connectivity index (χ0n) is 13.4. The molecule has 0 spiro atoms. The van der Waals surface area contributed by atoms with Gasteiger partial charge in [-0.3, -0.25) is 4.79 Å². The van der Waals surface area contributed by atoms with E-state index in [0.29, 0.717) is 19.4 Å². The number of aromatic amines is 2. The maximum atomic E-state index is 12.0. The maximum Gasteiger partial charge on any atom is 0.323 e. The van der Waals surface area contributed by atoms with E-state index in [1.54, 1.807) is 7.11 Å². The lowest BCUT2D eigenvalue weighted by molar-refractivity contribution is -0.121. The van der Waals surface area contributed by atoms with Gasteiger partial charge in [-0.2, -0.15) is 0 Å². The second-order valence-electron chi connectivity index (χ2n) is 5.58. The average Bonchev–Trinajstić information content (AvgIpc) is 2.97. The lowest BCUT2D eigenvalue weighted by atomic mass is 10.1. The molecule has 124 valence electrons. The molecule has 0 saturated carbocycles. The summed E-state index contributed by atoms with van der Waals surface area (Å²) in [5, 5.41) is 2.90. The molecular weight excluding hydrogens is 306 g/mol. The highest BCUT2D eigenvalue weighted by Crippen LogP contribution is 2.13. The van der Waals surface area contributed by atoms with Crippen LogP contribution in [0.2, 0.25) is 0 Å². The second kappa shape index (κ2) is 7.04. The van der Waals surface area contributed by atoms with Crippen molar-refractivity contribution >= 4 is 16.9 Å². The molecule has 6 nitrogen and oxygen atoms in total. The Hall–Kier alpha value is -3.02. The number of aromatic nitrogens is 2. The molecule has 3 aromatic rings. The number of carbonyl (C=O) groups excluding carboxylic acids is 1. The number of hydrogen-bond donors (Lipinski definition) is 3. The Bertz CT molecular complexity index is 894. The number of aryl methyl sites for hydroxylation is 1. The number of nitrogens with one attached hydrogen (secondary N) is 3. The van der Waals surface area contributed by atoms with Crippen LogP contribution in [-0.2, 0) is 17.8 Å². The van der Waals surface area contributed by atoms with Crippen molar-refractivity contribution < 1.29 is 9.53 Å². The van der Waals surface area contributed by atoms with Crippen molar-refractivity contribution in [2.75, 3.05) is 7.11 Å². The molecule has 0 aliphatic carbocycles. The monoisotopic (exact) mass is 325 g/mol. The fraction of sp³-hybridized carbons (Fsp3) is 0.222. The standard InChI is InChI=1S/C18H19N3O3/c1-24-14-6-2-12(3-7-14)5-9-17(22)19-11-13-4-8-15-16(10-13)21-18(23)20-15/h2-4,6-8,10H,5,9,11H2,1H3,(H,19,22)(H2,20,21,23). The van der Waals surface area contributed by atoms with Crippen LogP contribution in [0.15, 0.2) is 47.3 Å². The third-order valence-corrected chi connectivity index (χ3v) is 3.87. The van der Waals surface area contributed by atoms with Gasteiger partial charge in [0.2, 0.25) is 5.91 Å². The summed E-state index contributed by atoms with van der Waals surface area (Å²) in [5.41, 5.74) is 3.30. The fourth-order valence-electron chi connectivity index (χ4n) is 2.53. The minimum atomic E-state index is -0.231. The second-order valence-corrected chi connectivity index (χ2v) is 5.58. The van der Waals surface area contributed by atoms with E-state index < -0.39 is 0 Å². The van der Waals surface area contributed by atoms with Crippen molar-refractivity contribution in [3.05, 3.63) is 64.1 Å². The molecule has 0 bridgehead atoms. The van der Waals surface area contributed by atoms with Crippen LogP contribution in [0, 0.1) is 0 Å². The third-order valence-electron chi connectivity index (χ3n) is 3.87. The Morgan fingerprint density at radius 2 is 1.75 bits per heavy atom. The number of carbonyl (C=O) groups is 1. The predicted molar refractivity (Wildman–Crippen MR) is 92.1 cm³/mol. The number of benzene rings is 2.